The lowest BCUT2D eigenvalue weighted by atomic mass is 10.0. The molecule has 5 heteroatoms. The van der Waals surface area contributed by atoms with E-state index in [0.717, 1.165) is 24.0 Å². The smallest absolute Gasteiger partial charge is 0.251 e. The zero-order valence-corrected chi connectivity index (χ0v) is 15.7. The average molecular weight is 364 g/mol. The largest absolute Gasteiger partial charge is 0.349 e. The third-order valence-corrected chi connectivity index (χ3v) is 4.75. The van der Waals surface area contributed by atoms with E-state index in [2.05, 4.69) is 10.6 Å². The Morgan fingerprint density at radius 3 is 2.19 bits per heavy atom. The fourth-order valence-corrected chi connectivity index (χ4v) is 2.71. The number of carbonyl (C=O) groups excluding carboxylic acids is 3. The van der Waals surface area contributed by atoms with Crippen LogP contribution in [-0.4, -0.2) is 23.6 Å². The predicted octanol–water partition coefficient (Wildman–Crippen LogP) is 3.80. The van der Waals surface area contributed by atoms with E-state index in [9.17, 15) is 14.4 Å². The van der Waals surface area contributed by atoms with Crippen molar-refractivity contribution in [2.45, 2.75) is 45.6 Å². The molecule has 2 amide bonds. The van der Waals surface area contributed by atoms with E-state index in [1.807, 2.05) is 26.0 Å². The van der Waals surface area contributed by atoms with Gasteiger partial charge in [-0.1, -0.05) is 12.1 Å². The Hall–Kier alpha value is -2.95. The number of hydrogen-bond donors (Lipinski definition) is 2. The zero-order chi connectivity index (χ0) is 19.4. The van der Waals surface area contributed by atoms with E-state index in [-0.39, 0.29) is 30.4 Å². The van der Waals surface area contributed by atoms with Crippen molar-refractivity contribution in [3.63, 3.8) is 0 Å². The van der Waals surface area contributed by atoms with Crippen LogP contribution in [0.5, 0.6) is 0 Å². The van der Waals surface area contributed by atoms with Crippen LogP contribution in [0.2, 0.25) is 0 Å². The highest BCUT2D eigenvalue weighted by molar-refractivity contribution is 6.00. The lowest BCUT2D eigenvalue weighted by Crippen LogP contribution is -2.25. The molecular weight excluding hydrogens is 340 g/mol. The summed E-state index contributed by atoms with van der Waals surface area (Å²) in [4.78, 5) is 36.3. The second kappa shape index (κ2) is 8.16. The second-order valence-electron chi connectivity index (χ2n) is 7.10. The van der Waals surface area contributed by atoms with Crippen molar-refractivity contribution in [2.75, 3.05) is 5.32 Å². The minimum Gasteiger partial charge on any atom is -0.349 e. The van der Waals surface area contributed by atoms with Crippen molar-refractivity contribution in [1.82, 2.24) is 5.32 Å². The van der Waals surface area contributed by atoms with Crippen molar-refractivity contribution in [2.24, 2.45) is 0 Å². The molecule has 5 nitrogen and oxygen atoms in total. The topological polar surface area (TPSA) is 75.3 Å². The second-order valence-corrected chi connectivity index (χ2v) is 7.10. The van der Waals surface area contributed by atoms with E-state index in [1.54, 1.807) is 30.3 Å². The Bertz CT molecular complexity index is 868. The van der Waals surface area contributed by atoms with Gasteiger partial charge in [-0.15, -0.1) is 0 Å². The van der Waals surface area contributed by atoms with Gasteiger partial charge in [0.2, 0.25) is 5.91 Å². The molecule has 2 aromatic carbocycles. The molecule has 1 saturated carbocycles. The number of rotatable bonds is 7. The van der Waals surface area contributed by atoms with Crippen molar-refractivity contribution in [1.29, 1.82) is 0 Å². The fourth-order valence-electron chi connectivity index (χ4n) is 2.71. The van der Waals surface area contributed by atoms with Crippen LogP contribution in [0.1, 0.15) is 57.5 Å². The van der Waals surface area contributed by atoms with Gasteiger partial charge >= 0.3 is 0 Å². The monoisotopic (exact) mass is 364 g/mol. The Kier molecular flexibility index (Phi) is 5.69. The Morgan fingerprint density at radius 2 is 1.56 bits per heavy atom. The van der Waals surface area contributed by atoms with Crippen LogP contribution in [0.25, 0.3) is 0 Å². The summed E-state index contributed by atoms with van der Waals surface area (Å²) in [6.07, 6.45) is 2.37. The zero-order valence-electron chi connectivity index (χ0n) is 15.7. The SMILES string of the molecule is Cc1ccc(C(=O)CCC(=O)Nc2ccc(C(=O)NC3CC3)cc2)cc1C. The van der Waals surface area contributed by atoms with Gasteiger partial charge < -0.3 is 10.6 Å². The number of aryl methyl sites for hydroxylation is 2. The summed E-state index contributed by atoms with van der Waals surface area (Å²) in [5, 5.41) is 5.69. The van der Waals surface area contributed by atoms with Crippen LogP contribution in [-0.2, 0) is 4.79 Å². The summed E-state index contributed by atoms with van der Waals surface area (Å²) in [7, 11) is 0. The molecule has 0 unspecified atom stereocenters. The van der Waals surface area contributed by atoms with Crippen molar-refractivity contribution in [3.05, 3.63) is 64.7 Å². The molecule has 0 aromatic heterocycles. The molecule has 0 heterocycles. The minimum absolute atomic E-state index is 0.0413. The first-order valence-electron chi connectivity index (χ1n) is 9.23. The van der Waals surface area contributed by atoms with E-state index >= 15 is 0 Å². The summed E-state index contributed by atoms with van der Waals surface area (Å²) >= 11 is 0. The quantitative estimate of drug-likeness (QED) is 0.734. The molecular formula is C22H24N2O3. The van der Waals surface area contributed by atoms with E-state index in [4.69, 9.17) is 0 Å². The molecule has 27 heavy (non-hydrogen) atoms. The third kappa shape index (κ3) is 5.26. The fraction of sp³-hybridized carbons (Fsp3) is 0.318. The summed E-state index contributed by atoms with van der Waals surface area (Å²) in [6, 6.07) is 12.7. The summed E-state index contributed by atoms with van der Waals surface area (Å²) in [5.41, 5.74) is 4.03. The van der Waals surface area contributed by atoms with Gasteiger partial charge in [0, 0.05) is 35.7 Å². The number of amides is 2. The molecule has 2 aromatic rings. The number of hydrogen-bond acceptors (Lipinski definition) is 3. The molecule has 0 saturated heterocycles. The van der Waals surface area contributed by atoms with E-state index < -0.39 is 0 Å². The standard InChI is InChI=1S/C22H24N2O3/c1-14-3-4-17(13-15(14)2)20(25)11-12-21(26)23-18-7-5-16(6-8-18)22(27)24-19-9-10-19/h3-8,13,19H,9-12H2,1-2H3,(H,23,26)(H,24,27). The predicted molar refractivity (Wildman–Crippen MR) is 105 cm³/mol. The number of carbonyl (C=O) groups is 3. The Balaban J connectivity index is 1.49. The molecule has 140 valence electrons. The van der Waals surface area contributed by atoms with Crippen LogP contribution in [0.15, 0.2) is 42.5 Å². The van der Waals surface area contributed by atoms with Gasteiger partial charge in [0.05, 0.1) is 0 Å². The van der Waals surface area contributed by atoms with Crippen LogP contribution in [0.3, 0.4) is 0 Å². The molecule has 1 aliphatic carbocycles. The molecule has 1 fully saturated rings. The van der Waals surface area contributed by atoms with Gasteiger partial charge in [-0.2, -0.15) is 0 Å². The summed E-state index contributed by atoms with van der Waals surface area (Å²) in [6.45, 7) is 3.96. The highest BCUT2D eigenvalue weighted by atomic mass is 16.2. The van der Waals surface area contributed by atoms with Crippen molar-refractivity contribution >= 4 is 23.3 Å². The summed E-state index contributed by atoms with van der Waals surface area (Å²) in [5.74, 6) is -0.350. The van der Waals surface area contributed by atoms with Crippen molar-refractivity contribution < 1.29 is 14.4 Å². The normalized spacial score (nSPS) is 13.1. The first-order chi connectivity index (χ1) is 12.9. The molecule has 0 radical (unpaired) electrons. The molecule has 0 bridgehead atoms. The molecule has 3 rings (SSSR count). The maximum absolute atomic E-state index is 12.3. The molecule has 0 atom stereocenters. The number of anilines is 1. The van der Waals surface area contributed by atoms with E-state index in [0.29, 0.717) is 22.9 Å². The Morgan fingerprint density at radius 1 is 0.889 bits per heavy atom. The molecule has 1 aliphatic rings. The maximum atomic E-state index is 12.3. The van der Waals surface area contributed by atoms with Crippen LogP contribution in [0, 0.1) is 13.8 Å². The number of benzene rings is 2. The van der Waals surface area contributed by atoms with Gasteiger partial charge in [0.15, 0.2) is 5.78 Å². The van der Waals surface area contributed by atoms with Gasteiger partial charge in [-0.25, -0.2) is 0 Å². The van der Waals surface area contributed by atoms with Gasteiger partial charge in [0.1, 0.15) is 0 Å². The number of Topliss-reactive ketones (excluding diaryl/α,β-unsaturated/α-hetero) is 1. The highest BCUT2D eigenvalue weighted by Crippen LogP contribution is 2.20. The van der Waals surface area contributed by atoms with Crippen LogP contribution >= 0.6 is 0 Å². The maximum Gasteiger partial charge on any atom is 0.251 e. The Labute approximate surface area is 159 Å². The summed E-state index contributed by atoms with van der Waals surface area (Å²) < 4.78 is 0. The number of nitrogens with one attached hydrogen (secondary N) is 2. The van der Waals surface area contributed by atoms with Crippen LogP contribution in [0.4, 0.5) is 5.69 Å². The number of ketones is 1. The molecule has 0 aliphatic heterocycles. The molecule has 0 spiro atoms. The van der Waals surface area contributed by atoms with Crippen molar-refractivity contribution in [3.8, 4) is 0 Å². The third-order valence-electron chi connectivity index (χ3n) is 4.75. The van der Waals surface area contributed by atoms with Gasteiger partial charge in [-0.05, 0) is 68.1 Å². The average Bonchev–Trinajstić information content (AvgIpc) is 3.46. The van der Waals surface area contributed by atoms with E-state index in [1.165, 1.54) is 0 Å². The first-order valence-corrected chi connectivity index (χ1v) is 9.23. The van der Waals surface area contributed by atoms with Crippen LogP contribution < -0.4 is 10.6 Å². The lowest BCUT2D eigenvalue weighted by Gasteiger charge is -2.08. The minimum atomic E-state index is -0.220. The first kappa shape index (κ1) is 18.8. The van der Waals surface area contributed by atoms with Gasteiger partial charge in [-0.3, -0.25) is 14.4 Å². The lowest BCUT2D eigenvalue weighted by molar-refractivity contribution is -0.116. The molecule has 2 N–H and O–H groups in total. The van der Waals surface area contributed by atoms with Gasteiger partial charge in [0.25, 0.3) is 5.91 Å². The highest BCUT2D eigenvalue weighted by Gasteiger charge is 2.23.